The highest BCUT2D eigenvalue weighted by Gasteiger charge is 1.95. The summed E-state index contributed by atoms with van der Waals surface area (Å²) in [6.45, 7) is 0.231. The summed E-state index contributed by atoms with van der Waals surface area (Å²) >= 11 is 5.22. The largest absolute Gasteiger partial charge is 0.447 e. The van der Waals surface area contributed by atoms with Gasteiger partial charge < -0.3 is 4.74 Å². The number of hydrazine groups is 1. The third kappa shape index (κ3) is 5.39. The molecule has 0 atom stereocenters. The normalized spacial score (nSPS) is 8.67. The summed E-state index contributed by atoms with van der Waals surface area (Å²) in [4.78, 5) is 10.3. The van der Waals surface area contributed by atoms with Crippen LogP contribution in [0.2, 0.25) is 0 Å². The molecule has 0 aliphatic carbocycles. The molecule has 0 spiro atoms. The summed E-state index contributed by atoms with van der Waals surface area (Å²) in [7, 11) is 1.57. The van der Waals surface area contributed by atoms with Crippen LogP contribution in [0.1, 0.15) is 0 Å². The number of amides is 1. The van der Waals surface area contributed by atoms with Crippen LogP contribution in [0.3, 0.4) is 0 Å². The molecule has 0 rings (SSSR count). The molecular formula is C4H9ClN2O2. The Hall–Kier alpha value is -0.480. The molecule has 9 heavy (non-hydrogen) atoms. The van der Waals surface area contributed by atoms with E-state index in [9.17, 15) is 4.79 Å². The number of hydrogen-bond acceptors (Lipinski definition) is 3. The van der Waals surface area contributed by atoms with Crippen LogP contribution in [0.4, 0.5) is 4.79 Å². The van der Waals surface area contributed by atoms with E-state index in [1.165, 1.54) is 0 Å². The van der Waals surface area contributed by atoms with E-state index in [4.69, 9.17) is 11.6 Å². The SMILES string of the molecule is CNNC(=O)OCCCl. The van der Waals surface area contributed by atoms with Crippen LogP contribution < -0.4 is 10.9 Å². The Morgan fingerprint density at radius 3 is 2.89 bits per heavy atom. The highest BCUT2D eigenvalue weighted by atomic mass is 35.5. The molecule has 0 unspecified atom stereocenters. The maximum Gasteiger partial charge on any atom is 0.421 e. The first-order chi connectivity index (χ1) is 4.31. The average molecular weight is 153 g/mol. The number of hydrogen-bond donors (Lipinski definition) is 2. The van der Waals surface area contributed by atoms with Crippen molar-refractivity contribution in [1.82, 2.24) is 10.9 Å². The zero-order chi connectivity index (χ0) is 7.11. The lowest BCUT2D eigenvalue weighted by atomic mass is 10.8. The molecule has 0 aliphatic heterocycles. The van der Waals surface area contributed by atoms with E-state index in [1.54, 1.807) is 7.05 Å². The van der Waals surface area contributed by atoms with Gasteiger partial charge >= 0.3 is 6.09 Å². The highest BCUT2D eigenvalue weighted by molar-refractivity contribution is 6.18. The van der Waals surface area contributed by atoms with Gasteiger partial charge in [-0.15, -0.1) is 11.6 Å². The van der Waals surface area contributed by atoms with Gasteiger partial charge in [-0.3, -0.25) is 5.43 Å². The number of rotatable bonds is 3. The second-order valence-corrected chi connectivity index (χ2v) is 1.58. The van der Waals surface area contributed by atoms with Crippen LogP contribution in [0, 0.1) is 0 Å². The zero-order valence-electron chi connectivity index (χ0n) is 5.11. The quantitative estimate of drug-likeness (QED) is 0.445. The first-order valence-corrected chi connectivity index (χ1v) is 3.00. The molecule has 0 aromatic rings. The smallest absolute Gasteiger partial charge is 0.421 e. The molecular weight excluding hydrogens is 144 g/mol. The number of carbonyl (C=O) groups excluding carboxylic acids is 1. The molecule has 2 N–H and O–H groups in total. The third-order valence-electron chi connectivity index (χ3n) is 0.537. The lowest BCUT2D eigenvalue weighted by Crippen LogP contribution is -2.34. The summed E-state index contributed by atoms with van der Waals surface area (Å²) in [5.74, 6) is 0.317. The monoisotopic (exact) mass is 152 g/mol. The van der Waals surface area contributed by atoms with Gasteiger partial charge in [0, 0.05) is 7.05 Å². The van der Waals surface area contributed by atoms with Crippen molar-refractivity contribution >= 4 is 17.7 Å². The molecule has 0 saturated carbocycles. The van der Waals surface area contributed by atoms with Crippen LogP contribution in [0.5, 0.6) is 0 Å². The van der Waals surface area contributed by atoms with E-state index in [2.05, 4.69) is 15.6 Å². The number of halogens is 1. The molecule has 0 fully saturated rings. The molecule has 0 saturated heterocycles. The lowest BCUT2D eigenvalue weighted by Gasteiger charge is -2.01. The topological polar surface area (TPSA) is 50.4 Å². The summed E-state index contributed by atoms with van der Waals surface area (Å²) in [6.07, 6.45) is -0.516. The molecule has 5 heteroatoms. The lowest BCUT2D eigenvalue weighted by molar-refractivity contribution is 0.149. The first-order valence-electron chi connectivity index (χ1n) is 2.46. The second-order valence-electron chi connectivity index (χ2n) is 1.20. The Morgan fingerprint density at radius 1 is 1.78 bits per heavy atom. The van der Waals surface area contributed by atoms with Crippen molar-refractivity contribution in [2.24, 2.45) is 0 Å². The van der Waals surface area contributed by atoms with Gasteiger partial charge in [0.25, 0.3) is 0 Å². The Morgan fingerprint density at radius 2 is 2.44 bits per heavy atom. The predicted molar refractivity (Wildman–Crippen MR) is 34.3 cm³/mol. The zero-order valence-corrected chi connectivity index (χ0v) is 5.86. The Kier molecular flexibility index (Phi) is 5.35. The Bertz CT molecular complexity index is 88.6. The van der Waals surface area contributed by atoms with Crippen molar-refractivity contribution in [3.05, 3.63) is 0 Å². The van der Waals surface area contributed by atoms with E-state index in [0.717, 1.165) is 0 Å². The minimum Gasteiger partial charge on any atom is -0.447 e. The van der Waals surface area contributed by atoms with Crippen molar-refractivity contribution < 1.29 is 9.53 Å². The van der Waals surface area contributed by atoms with Crippen LogP contribution in [0.25, 0.3) is 0 Å². The molecule has 54 valence electrons. The van der Waals surface area contributed by atoms with Gasteiger partial charge in [0.15, 0.2) is 0 Å². The minimum absolute atomic E-state index is 0.231. The molecule has 0 radical (unpaired) electrons. The summed E-state index contributed by atoms with van der Waals surface area (Å²) in [5, 5.41) is 0. The van der Waals surface area contributed by atoms with Crippen LogP contribution >= 0.6 is 11.6 Å². The second kappa shape index (κ2) is 5.65. The van der Waals surface area contributed by atoms with Gasteiger partial charge in [0.2, 0.25) is 0 Å². The summed E-state index contributed by atoms with van der Waals surface area (Å²) < 4.78 is 4.49. The van der Waals surface area contributed by atoms with Gasteiger partial charge in [-0.25, -0.2) is 10.2 Å². The number of nitrogens with one attached hydrogen (secondary N) is 2. The Balaban J connectivity index is 3.06. The Labute approximate surface area is 58.5 Å². The number of ether oxygens (including phenoxy) is 1. The average Bonchev–Trinajstić information content (AvgIpc) is 1.85. The molecule has 4 nitrogen and oxygen atoms in total. The summed E-state index contributed by atoms with van der Waals surface area (Å²) in [6, 6.07) is 0. The van der Waals surface area contributed by atoms with Gasteiger partial charge in [-0.05, 0) is 0 Å². The standard InChI is InChI=1S/C4H9ClN2O2/c1-6-7-4(8)9-3-2-5/h6H,2-3H2,1H3,(H,7,8). The molecule has 0 heterocycles. The molecule has 0 aromatic carbocycles. The molecule has 1 amide bonds. The first kappa shape index (κ1) is 8.52. The van der Waals surface area contributed by atoms with E-state index < -0.39 is 6.09 Å². The van der Waals surface area contributed by atoms with E-state index in [0.29, 0.717) is 5.88 Å². The molecule has 0 aromatic heterocycles. The highest BCUT2D eigenvalue weighted by Crippen LogP contribution is 1.78. The van der Waals surface area contributed by atoms with Crippen molar-refractivity contribution in [2.45, 2.75) is 0 Å². The number of alkyl halides is 1. The van der Waals surface area contributed by atoms with E-state index in [1.807, 2.05) is 0 Å². The molecule has 0 bridgehead atoms. The van der Waals surface area contributed by atoms with Crippen molar-refractivity contribution in [3.63, 3.8) is 0 Å². The number of carbonyl (C=O) groups is 1. The van der Waals surface area contributed by atoms with Gasteiger partial charge in [0.05, 0.1) is 5.88 Å². The fourth-order valence-electron chi connectivity index (χ4n) is 0.269. The third-order valence-corrected chi connectivity index (χ3v) is 0.692. The van der Waals surface area contributed by atoms with Crippen LogP contribution in [0.15, 0.2) is 0 Å². The summed E-state index contributed by atoms with van der Waals surface area (Å²) in [5.41, 5.74) is 4.62. The maximum absolute atomic E-state index is 10.3. The maximum atomic E-state index is 10.3. The van der Waals surface area contributed by atoms with E-state index in [-0.39, 0.29) is 6.61 Å². The van der Waals surface area contributed by atoms with Crippen molar-refractivity contribution in [2.75, 3.05) is 19.5 Å². The van der Waals surface area contributed by atoms with Crippen LogP contribution in [-0.2, 0) is 4.74 Å². The predicted octanol–water partition coefficient (Wildman–Crippen LogP) is 0.0858. The van der Waals surface area contributed by atoms with Gasteiger partial charge in [-0.1, -0.05) is 0 Å². The van der Waals surface area contributed by atoms with Gasteiger partial charge in [0.1, 0.15) is 6.61 Å². The molecule has 0 aliphatic rings. The van der Waals surface area contributed by atoms with Gasteiger partial charge in [-0.2, -0.15) is 0 Å². The van der Waals surface area contributed by atoms with E-state index >= 15 is 0 Å². The fraction of sp³-hybridized carbons (Fsp3) is 0.750. The fourth-order valence-corrected chi connectivity index (χ4v) is 0.347. The van der Waals surface area contributed by atoms with Crippen molar-refractivity contribution in [3.8, 4) is 0 Å². The van der Waals surface area contributed by atoms with Crippen molar-refractivity contribution in [1.29, 1.82) is 0 Å². The van der Waals surface area contributed by atoms with Crippen LogP contribution in [-0.4, -0.2) is 25.6 Å². The minimum atomic E-state index is -0.516.